The molecule has 2 heterocycles. The number of aromatic nitrogens is 6. The van der Waals surface area contributed by atoms with E-state index in [2.05, 4.69) is 25.7 Å². The predicted octanol–water partition coefficient (Wildman–Crippen LogP) is -0.222. The minimum atomic E-state index is -0.494. The summed E-state index contributed by atoms with van der Waals surface area (Å²) in [6, 6.07) is 1.28. The first-order chi connectivity index (χ1) is 13.5. The highest BCUT2D eigenvalue weighted by Crippen LogP contribution is 2.60. The van der Waals surface area contributed by atoms with Gasteiger partial charge in [0, 0.05) is 30.8 Å². The summed E-state index contributed by atoms with van der Waals surface area (Å²) in [6.45, 7) is 0.236. The molecule has 0 aromatic carbocycles. The summed E-state index contributed by atoms with van der Waals surface area (Å²) < 4.78 is 1.35. The summed E-state index contributed by atoms with van der Waals surface area (Å²) in [6.07, 6.45) is 9.20. The van der Waals surface area contributed by atoms with E-state index in [-0.39, 0.29) is 30.0 Å². The van der Waals surface area contributed by atoms with Crippen LogP contribution in [0.15, 0.2) is 28.2 Å². The van der Waals surface area contributed by atoms with Crippen LogP contribution >= 0.6 is 0 Å². The van der Waals surface area contributed by atoms with Gasteiger partial charge in [-0.05, 0) is 55.6 Å². The van der Waals surface area contributed by atoms with Gasteiger partial charge in [0.25, 0.3) is 5.56 Å². The summed E-state index contributed by atoms with van der Waals surface area (Å²) in [5.41, 5.74) is -1.31. The molecule has 6 rings (SSSR count). The van der Waals surface area contributed by atoms with Crippen molar-refractivity contribution in [3.8, 4) is 0 Å². The summed E-state index contributed by atoms with van der Waals surface area (Å²) in [5, 5.41) is 15.7. The lowest BCUT2D eigenvalue weighted by Crippen LogP contribution is -2.66. The highest BCUT2D eigenvalue weighted by molar-refractivity contribution is 5.76. The molecule has 2 aromatic heterocycles. The van der Waals surface area contributed by atoms with Crippen molar-refractivity contribution in [1.82, 2.24) is 35.1 Å². The van der Waals surface area contributed by atoms with Gasteiger partial charge in [-0.15, -0.1) is 10.2 Å². The Kier molecular flexibility index (Phi) is 3.78. The highest BCUT2D eigenvalue weighted by atomic mass is 16.2. The molecule has 0 spiro atoms. The fourth-order valence-corrected chi connectivity index (χ4v) is 6.18. The summed E-state index contributed by atoms with van der Waals surface area (Å²) in [7, 11) is 0. The standard InChI is InChI=1S/C18H23N7O3/c26-14-1-3-24(16(28)21-14)4-2-15(27)22-17-6-12-5-13(7-17)9-18(8-12,10-17)25-20-11-19-23-25/h1,3,11-13H,2,4-10H2,(H,22,27)(H,21,26,28)/t12-,13+,17?,18?. The van der Waals surface area contributed by atoms with Gasteiger partial charge < -0.3 is 9.88 Å². The molecule has 4 saturated carbocycles. The molecule has 10 nitrogen and oxygen atoms in total. The first kappa shape index (κ1) is 17.3. The van der Waals surface area contributed by atoms with Crippen LogP contribution in [0.5, 0.6) is 0 Å². The monoisotopic (exact) mass is 385 g/mol. The van der Waals surface area contributed by atoms with E-state index in [1.165, 1.54) is 29.6 Å². The van der Waals surface area contributed by atoms with Crippen molar-refractivity contribution >= 4 is 5.91 Å². The number of carbonyl (C=O) groups is 1. The Morgan fingerprint density at radius 1 is 1.25 bits per heavy atom. The molecule has 2 aromatic rings. The molecule has 4 atom stereocenters. The number of aromatic amines is 1. The first-order valence-corrected chi connectivity index (χ1v) is 9.80. The van der Waals surface area contributed by atoms with Gasteiger partial charge in [-0.25, -0.2) is 4.79 Å². The number of amides is 1. The van der Waals surface area contributed by atoms with Crippen molar-refractivity contribution in [2.45, 2.75) is 62.6 Å². The van der Waals surface area contributed by atoms with Crippen LogP contribution < -0.4 is 16.6 Å². The molecule has 2 unspecified atom stereocenters. The van der Waals surface area contributed by atoms with Gasteiger partial charge in [-0.2, -0.15) is 4.80 Å². The second-order valence-corrected chi connectivity index (χ2v) is 8.79. The Morgan fingerprint density at radius 3 is 2.71 bits per heavy atom. The van der Waals surface area contributed by atoms with Crippen molar-refractivity contribution in [2.75, 3.05) is 0 Å². The fourth-order valence-electron chi connectivity index (χ4n) is 6.18. The third-order valence-electron chi connectivity index (χ3n) is 6.68. The minimum absolute atomic E-state index is 0.0678. The van der Waals surface area contributed by atoms with Gasteiger partial charge in [-0.3, -0.25) is 14.6 Å². The molecule has 4 aliphatic rings. The van der Waals surface area contributed by atoms with Gasteiger partial charge in [0.2, 0.25) is 5.91 Å². The van der Waals surface area contributed by atoms with Crippen molar-refractivity contribution in [3.05, 3.63) is 39.4 Å². The number of aryl methyl sites for hydroxylation is 1. The molecule has 4 bridgehead atoms. The summed E-state index contributed by atoms with van der Waals surface area (Å²) in [5.74, 6) is 1.06. The minimum Gasteiger partial charge on any atom is -0.350 e. The normalized spacial score (nSPS) is 33.1. The van der Waals surface area contributed by atoms with Crippen molar-refractivity contribution < 1.29 is 4.79 Å². The third kappa shape index (κ3) is 2.87. The van der Waals surface area contributed by atoms with Crippen LogP contribution in [-0.4, -0.2) is 41.2 Å². The number of nitrogens with zero attached hydrogens (tertiary/aromatic N) is 5. The zero-order chi connectivity index (χ0) is 19.4. The Hall–Kier alpha value is -2.78. The molecule has 2 N–H and O–H groups in total. The number of hydrogen-bond acceptors (Lipinski definition) is 6. The number of H-pyrrole nitrogens is 1. The Labute approximate surface area is 160 Å². The van der Waals surface area contributed by atoms with Gasteiger partial charge in [0.05, 0.1) is 5.54 Å². The quantitative estimate of drug-likeness (QED) is 0.732. The smallest absolute Gasteiger partial charge is 0.328 e. The SMILES string of the molecule is O=C(CCn1ccc(=O)[nH]c1=O)NC12C[C@H]3C[C@@H](C1)CC(n1ncnn1)(C3)C2. The average Bonchev–Trinajstić information content (AvgIpc) is 3.15. The molecule has 4 fully saturated rings. The van der Waals surface area contributed by atoms with E-state index in [0.29, 0.717) is 11.8 Å². The average molecular weight is 385 g/mol. The zero-order valence-electron chi connectivity index (χ0n) is 15.5. The molecule has 0 saturated heterocycles. The van der Waals surface area contributed by atoms with E-state index in [0.717, 1.165) is 32.1 Å². The van der Waals surface area contributed by atoms with Gasteiger partial charge in [0.15, 0.2) is 6.33 Å². The van der Waals surface area contributed by atoms with Crippen LogP contribution in [-0.2, 0) is 16.9 Å². The lowest BCUT2D eigenvalue weighted by atomic mass is 9.50. The molecular weight excluding hydrogens is 362 g/mol. The molecule has 28 heavy (non-hydrogen) atoms. The van der Waals surface area contributed by atoms with Crippen molar-refractivity contribution in [2.24, 2.45) is 11.8 Å². The van der Waals surface area contributed by atoms with E-state index in [9.17, 15) is 14.4 Å². The molecular formula is C18H23N7O3. The number of hydrogen-bond donors (Lipinski definition) is 2. The van der Waals surface area contributed by atoms with Crippen LogP contribution in [0, 0.1) is 11.8 Å². The zero-order valence-corrected chi connectivity index (χ0v) is 15.5. The third-order valence-corrected chi connectivity index (χ3v) is 6.68. The maximum atomic E-state index is 12.7. The van der Waals surface area contributed by atoms with E-state index in [4.69, 9.17) is 0 Å². The maximum absolute atomic E-state index is 12.7. The molecule has 148 valence electrons. The molecule has 0 aliphatic heterocycles. The summed E-state index contributed by atoms with van der Waals surface area (Å²) >= 11 is 0. The Bertz CT molecular complexity index is 995. The second-order valence-electron chi connectivity index (χ2n) is 8.79. The number of rotatable bonds is 5. The maximum Gasteiger partial charge on any atom is 0.328 e. The lowest BCUT2D eigenvalue weighted by Gasteiger charge is -2.61. The van der Waals surface area contributed by atoms with Crippen molar-refractivity contribution in [1.29, 1.82) is 0 Å². The number of nitrogens with one attached hydrogen (secondary N) is 2. The number of tetrazole rings is 1. The van der Waals surface area contributed by atoms with Crippen LogP contribution in [0.25, 0.3) is 0 Å². The van der Waals surface area contributed by atoms with Gasteiger partial charge in [-0.1, -0.05) is 0 Å². The van der Waals surface area contributed by atoms with E-state index in [1.807, 2.05) is 0 Å². The van der Waals surface area contributed by atoms with Crippen molar-refractivity contribution in [3.63, 3.8) is 0 Å². The largest absolute Gasteiger partial charge is 0.350 e. The van der Waals surface area contributed by atoms with Crippen LogP contribution in [0.4, 0.5) is 0 Å². The van der Waals surface area contributed by atoms with Gasteiger partial charge in [0.1, 0.15) is 0 Å². The Balaban J connectivity index is 1.31. The predicted molar refractivity (Wildman–Crippen MR) is 97.3 cm³/mol. The fraction of sp³-hybridized carbons (Fsp3) is 0.667. The van der Waals surface area contributed by atoms with Crippen LogP contribution in [0.3, 0.4) is 0 Å². The highest BCUT2D eigenvalue weighted by Gasteiger charge is 2.60. The van der Waals surface area contributed by atoms with E-state index in [1.54, 1.807) is 4.80 Å². The van der Waals surface area contributed by atoms with E-state index < -0.39 is 11.2 Å². The molecule has 4 aliphatic carbocycles. The van der Waals surface area contributed by atoms with Crippen LogP contribution in [0.2, 0.25) is 0 Å². The van der Waals surface area contributed by atoms with E-state index >= 15 is 0 Å². The van der Waals surface area contributed by atoms with Gasteiger partial charge >= 0.3 is 5.69 Å². The summed E-state index contributed by atoms with van der Waals surface area (Å²) in [4.78, 5) is 39.6. The second kappa shape index (κ2) is 6.11. The molecule has 0 radical (unpaired) electrons. The topological polar surface area (TPSA) is 128 Å². The first-order valence-electron chi connectivity index (χ1n) is 9.80. The number of carbonyl (C=O) groups excluding carboxylic acids is 1. The molecule has 10 heteroatoms. The lowest BCUT2D eigenvalue weighted by molar-refractivity contribution is -0.131. The Morgan fingerprint density at radius 2 is 2.04 bits per heavy atom. The molecule has 1 amide bonds. The van der Waals surface area contributed by atoms with Crippen LogP contribution in [0.1, 0.15) is 44.9 Å².